The molecule has 4 N–H and O–H groups in total. The molecule has 4 heterocycles. The third kappa shape index (κ3) is 4.80. The van der Waals surface area contributed by atoms with E-state index in [9.17, 15) is 4.79 Å². The van der Waals surface area contributed by atoms with Crippen LogP contribution >= 0.6 is 0 Å². The molecule has 0 unspecified atom stereocenters. The number of nitrogens with two attached hydrogens (primary N) is 1. The van der Waals surface area contributed by atoms with Gasteiger partial charge in [-0.25, -0.2) is 9.97 Å². The minimum absolute atomic E-state index is 0.316. The molecule has 35 heavy (non-hydrogen) atoms. The number of nitrogens with one attached hydrogen (secondary N) is 2. The molecular weight excluding hydrogens is 444 g/mol. The van der Waals surface area contributed by atoms with E-state index in [0.29, 0.717) is 47.3 Å². The Morgan fingerprint density at radius 3 is 2.71 bits per heavy atom. The van der Waals surface area contributed by atoms with Crippen molar-refractivity contribution in [3.8, 4) is 23.6 Å². The van der Waals surface area contributed by atoms with Crippen molar-refractivity contribution in [3.63, 3.8) is 0 Å². The van der Waals surface area contributed by atoms with Gasteiger partial charge >= 0.3 is 0 Å². The summed E-state index contributed by atoms with van der Waals surface area (Å²) in [5.41, 5.74) is 9.45. The molecule has 0 saturated carbocycles. The van der Waals surface area contributed by atoms with Gasteiger partial charge in [-0.1, -0.05) is 12.1 Å². The molecular formula is C25H22N8O2. The third-order valence-electron chi connectivity index (χ3n) is 5.51. The van der Waals surface area contributed by atoms with E-state index in [1.54, 1.807) is 36.7 Å². The predicted molar refractivity (Wildman–Crippen MR) is 135 cm³/mol. The summed E-state index contributed by atoms with van der Waals surface area (Å²) in [6.45, 7) is 3.02. The van der Waals surface area contributed by atoms with Gasteiger partial charge in [0.15, 0.2) is 0 Å². The Hall–Kier alpha value is -4.75. The molecule has 0 atom stereocenters. The van der Waals surface area contributed by atoms with Crippen LogP contribution in [0.15, 0.2) is 54.9 Å². The number of morpholine rings is 1. The van der Waals surface area contributed by atoms with Crippen LogP contribution in [0.4, 0.5) is 29.0 Å². The van der Waals surface area contributed by atoms with E-state index >= 15 is 0 Å². The second-order valence-electron chi connectivity index (χ2n) is 7.80. The Kier molecular flexibility index (Phi) is 6.07. The molecule has 1 aliphatic heterocycles. The molecule has 1 saturated heterocycles. The highest BCUT2D eigenvalue weighted by Crippen LogP contribution is 2.30. The van der Waals surface area contributed by atoms with Crippen molar-refractivity contribution in [2.45, 2.75) is 0 Å². The van der Waals surface area contributed by atoms with Crippen LogP contribution in [0.2, 0.25) is 0 Å². The lowest BCUT2D eigenvalue weighted by molar-refractivity contribution is -0.111. The molecule has 0 aliphatic carbocycles. The number of nitrogens with zero attached hydrogens (tertiary/aromatic N) is 5. The highest BCUT2D eigenvalue weighted by Gasteiger charge is 2.15. The van der Waals surface area contributed by atoms with Crippen molar-refractivity contribution in [2.75, 3.05) is 47.6 Å². The fraction of sp³-hybridized carbons (Fsp3) is 0.160. The number of rotatable bonds is 5. The summed E-state index contributed by atoms with van der Waals surface area (Å²) in [4.78, 5) is 31.9. The first kappa shape index (κ1) is 22.1. The minimum atomic E-state index is -0.528. The SMILES string of the molecule is C#CC(=O)Nc1cccc(-c2nccc3c(N)nc(Nc4ccc(N5CCOCC5)nc4)nc23)c1. The van der Waals surface area contributed by atoms with Crippen LogP contribution in [-0.2, 0) is 9.53 Å². The number of pyridine rings is 2. The highest BCUT2D eigenvalue weighted by molar-refractivity contribution is 6.04. The Bertz CT molecular complexity index is 1430. The van der Waals surface area contributed by atoms with Crippen LogP contribution in [0.25, 0.3) is 22.2 Å². The van der Waals surface area contributed by atoms with E-state index in [2.05, 4.69) is 35.5 Å². The molecule has 1 aliphatic rings. The quantitative estimate of drug-likeness (QED) is 0.380. The van der Waals surface area contributed by atoms with Crippen molar-refractivity contribution < 1.29 is 9.53 Å². The van der Waals surface area contributed by atoms with E-state index in [1.807, 2.05) is 24.1 Å². The number of anilines is 5. The number of amides is 1. The molecule has 1 amide bonds. The first-order valence-corrected chi connectivity index (χ1v) is 11.0. The lowest BCUT2D eigenvalue weighted by atomic mass is 10.1. The summed E-state index contributed by atoms with van der Waals surface area (Å²) in [6, 6.07) is 12.8. The van der Waals surface area contributed by atoms with Gasteiger partial charge in [0, 0.05) is 35.9 Å². The smallest absolute Gasteiger partial charge is 0.300 e. The first-order chi connectivity index (χ1) is 17.1. The Labute approximate surface area is 201 Å². The number of carbonyl (C=O) groups is 1. The van der Waals surface area contributed by atoms with Crippen molar-refractivity contribution >= 4 is 45.8 Å². The molecule has 1 fully saturated rings. The van der Waals surface area contributed by atoms with Crippen molar-refractivity contribution in [1.82, 2.24) is 19.9 Å². The monoisotopic (exact) mass is 466 g/mol. The zero-order valence-electron chi connectivity index (χ0n) is 18.7. The van der Waals surface area contributed by atoms with Gasteiger partial charge < -0.3 is 26.0 Å². The number of ether oxygens (including phenoxy) is 1. The summed E-state index contributed by atoms with van der Waals surface area (Å²) in [7, 11) is 0. The van der Waals surface area contributed by atoms with Crippen LogP contribution in [0.3, 0.4) is 0 Å². The Morgan fingerprint density at radius 1 is 1.09 bits per heavy atom. The van der Waals surface area contributed by atoms with E-state index in [4.69, 9.17) is 16.9 Å². The van der Waals surface area contributed by atoms with E-state index in [0.717, 1.165) is 30.2 Å². The molecule has 5 rings (SSSR count). The van der Waals surface area contributed by atoms with Gasteiger partial charge in [0.2, 0.25) is 5.95 Å². The van der Waals surface area contributed by atoms with E-state index in [-0.39, 0.29) is 0 Å². The summed E-state index contributed by atoms with van der Waals surface area (Å²) >= 11 is 0. The second kappa shape index (κ2) is 9.62. The van der Waals surface area contributed by atoms with E-state index in [1.165, 1.54) is 0 Å². The number of hydrogen-bond acceptors (Lipinski definition) is 9. The molecule has 1 aromatic carbocycles. The zero-order chi connectivity index (χ0) is 24.2. The maximum atomic E-state index is 11.6. The van der Waals surface area contributed by atoms with Gasteiger partial charge in [0.05, 0.1) is 30.8 Å². The predicted octanol–water partition coefficient (Wildman–Crippen LogP) is 2.82. The normalized spacial score (nSPS) is 13.3. The molecule has 0 bridgehead atoms. The molecule has 174 valence electrons. The number of aromatic nitrogens is 4. The van der Waals surface area contributed by atoms with Gasteiger partial charge in [0.1, 0.15) is 17.2 Å². The first-order valence-electron chi connectivity index (χ1n) is 11.0. The molecule has 0 radical (unpaired) electrons. The number of benzene rings is 1. The highest BCUT2D eigenvalue weighted by atomic mass is 16.5. The van der Waals surface area contributed by atoms with Gasteiger partial charge in [0.25, 0.3) is 5.91 Å². The van der Waals surface area contributed by atoms with Gasteiger partial charge in [-0.15, -0.1) is 6.42 Å². The molecule has 10 heteroatoms. The van der Waals surface area contributed by atoms with Crippen LogP contribution in [0, 0.1) is 12.3 Å². The lowest BCUT2D eigenvalue weighted by Gasteiger charge is -2.27. The number of hydrogen-bond donors (Lipinski definition) is 3. The topological polar surface area (TPSA) is 131 Å². The number of fused-ring (bicyclic) bond motifs is 1. The summed E-state index contributed by atoms with van der Waals surface area (Å²) in [5, 5.41) is 6.49. The maximum Gasteiger partial charge on any atom is 0.300 e. The second-order valence-corrected chi connectivity index (χ2v) is 7.80. The Balaban J connectivity index is 1.45. The van der Waals surface area contributed by atoms with Crippen molar-refractivity contribution in [3.05, 3.63) is 54.9 Å². The molecule has 10 nitrogen and oxygen atoms in total. The summed E-state index contributed by atoms with van der Waals surface area (Å²) < 4.78 is 5.40. The number of nitrogen functional groups attached to an aromatic ring is 1. The van der Waals surface area contributed by atoms with Gasteiger partial charge in [-0.3, -0.25) is 9.78 Å². The third-order valence-corrected chi connectivity index (χ3v) is 5.51. The average molecular weight is 467 g/mol. The standard InChI is InChI=1S/C25H22N8O2/c1-2-21(34)29-17-5-3-4-16(14-17)22-23-19(8-9-27-22)24(26)32-25(31-23)30-18-6-7-20(28-15-18)33-10-12-35-13-11-33/h1,3-9,14-15H,10-13H2,(H,29,34)(H3,26,30,31,32). The molecule has 0 spiro atoms. The largest absolute Gasteiger partial charge is 0.383 e. The summed E-state index contributed by atoms with van der Waals surface area (Å²) in [5.74, 6) is 3.04. The van der Waals surface area contributed by atoms with E-state index < -0.39 is 5.91 Å². The van der Waals surface area contributed by atoms with Crippen molar-refractivity contribution in [2.24, 2.45) is 0 Å². The van der Waals surface area contributed by atoms with Crippen LogP contribution in [0.1, 0.15) is 0 Å². The summed E-state index contributed by atoms with van der Waals surface area (Å²) in [6.07, 6.45) is 8.54. The van der Waals surface area contributed by atoms with Crippen LogP contribution in [-0.4, -0.2) is 52.1 Å². The Morgan fingerprint density at radius 2 is 1.94 bits per heavy atom. The molecule has 4 aromatic rings. The number of carbonyl (C=O) groups excluding carboxylic acids is 1. The zero-order valence-corrected chi connectivity index (χ0v) is 18.7. The average Bonchev–Trinajstić information content (AvgIpc) is 2.89. The number of terminal acetylenes is 1. The fourth-order valence-corrected chi connectivity index (χ4v) is 3.83. The lowest BCUT2D eigenvalue weighted by Crippen LogP contribution is -2.36. The minimum Gasteiger partial charge on any atom is -0.383 e. The molecule has 3 aromatic heterocycles. The van der Waals surface area contributed by atoms with Gasteiger partial charge in [-0.2, -0.15) is 4.98 Å². The van der Waals surface area contributed by atoms with Crippen LogP contribution < -0.4 is 21.3 Å². The fourth-order valence-electron chi connectivity index (χ4n) is 3.83. The van der Waals surface area contributed by atoms with Crippen molar-refractivity contribution in [1.29, 1.82) is 0 Å². The van der Waals surface area contributed by atoms with Gasteiger partial charge in [-0.05, 0) is 36.3 Å². The maximum absolute atomic E-state index is 11.6. The van der Waals surface area contributed by atoms with Crippen LogP contribution in [0.5, 0.6) is 0 Å².